The van der Waals surface area contributed by atoms with Crippen LogP contribution in [0, 0.1) is 13.8 Å². The van der Waals surface area contributed by atoms with E-state index in [4.69, 9.17) is 4.55 Å². The fourth-order valence-corrected chi connectivity index (χ4v) is 2.11. The molecule has 0 unspecified atom stereocenters. The predicted molar refractivity (Wildman–Crippen MR) is 78.0 cm³/mol. The van der Waals surface area contributed by atoms with Crippen LogP contribution in [-0.4, -0.2) is 13.0 Å². The Hall–Kier alpha value is -1.72. The van der Waals surface area contributed by atoms with Crippen molar-refractivity contribution in [2.75, 3.05) is 0 Å². The molecule has 0 aliphatic heterocycles. The number of benzene rings is 1. The van der Waals surface area contributed by atoms with Crippen LogP contribution in [0.15, 0.2) is 53.6 Å². The number of hydrogen-bond donors (Lipinski definition) is 1. The summed E-state index contributed by atoms with van der Waals surface area (Å²) in [4.78, 5) is -0.0666. The molecule has 0 saturated heterocycles. The Morgan fingerprint density at radius 2 is 1.65 bits per heavy atom. The van der Waals surface area contributed by atoms with Gasteiger partial charge in [0.05, 0.1) is 4.90 Å². The highest BCUT2D eigenvalue weighted by Gasteiger charge is 2.06. The lowest BCUT2D eigenvalue weighted by atomic mass is 10.2. The Morgan fingerprint density at radius 3 is 2.05 bits per heavy atom. The Morgan fingerprint density at radius 1 is 1.05 bits per heavy atom. The van der Waals surface area contributed by atoms with Crippen LogP contribution in [-0.2, 0) is 16.7 Å². The van der Waals surface area contributed by atoms with E-state index in [-0.39, 0.29) is 4.90 Å². The molecule has 1 aromatic heterocycles. The van der Waals surface area contributed by atoms with Gasteiger partial charge in [-0.1, -0.05) is 23.8 Å². The average Bonchev–Trinajstić information content (AvgIpc) is 2.39. The second-order valence-corrected chi connectivity index (χ2v) is 5.84. The van der Waals surface area contributed by atoms with E-state index >= 15 is 0 Å². The van der Waals surface area contributed by atoms with Crippen molar-refractivity contribution in [1.82, 2.24) is 0 Å². The number of nitrogens with zero attached hydrogens (tertiary/aromatic N) is 1. The molecule has 1 heterocycles. The minimum Gasteiger partial charge on any atom is -0.282 e. The molecule has 0 saturated carbocycles. The van der Waals surface area contributed by atoms with Crippen molar-refractivity contribution in [3.63, 3.8) is 0 Å². The van der Waals surface area contributed by atoms with Gasteiger partial charge < -0.3 is 0 Å². The van der Waals surface area contributed by atoms with Crippen molar-refractivity contribution >= 4 is 10.1 Å². The van der Waals surface area contributed by atoms with Crippen molar-refractivity contribution < 1.29 is 17.5 Å². The normalized spacial score (nSPS) is 10.6. The molecule has 0 aliphatic carbocycles. The molecule has 1 aromatic carbocycles. The van der Waals surface area contributed by atoms with Crippen LogP contribution in [0.1, 0.15) is 18.2 Å². The van der Waals surface area contributed by atoms with Gasteiger partial charge in [-0.2, -0.15) is 8.42 Å². The maximum Gasteiger partial charge on any atom is 0.294 e. The van der Waals surface area contributed by atoms with Gasteiger partial charge in [0.2, 0.25) is 0 Å². The van der Waals surface area contributed by atoms with E-state index in [0.717, 1.165) is 12.1 Å². The summed E-state index contributed by atoms with van der Waals surface area (Å²) in [5.74, 6) is 0. The highest BCUT2D eigenvalue weighted by atomic mass is 32.2. The molecule has 0 bridgehead atoms. The summed E-state index contributed by atoms with van der Waals surface area (Å²) in [5.41, 5.74) is 2.28. The van der Waals surface area contributed by atoms with E-state index in [2.05, 4.69) is 42.8 Å². The minimum atomic E-state index is -4.02. The van der Waals surface area contributed by atoms with Crippen LogP contribution in [0.4, 0.5) is 0 Å². The number of aromatic nitrogens is 1. The van der Waals surface area contributed by atoms with Gasteiger partial charge in [-0.3, -0.25) is 4.55 Å². The monoisotopic (exact) mass is 294 g/mol. The molecule has 0 radical (unpaired) electrons. The van der Waals surface area contributed by atoms with Crippen LogP contribution in [0.25, 0.3) is 0 Å². The molecule has 0 aliphatic rings. The first-order chi connectivity index (χ1) is 9.34. The van der Waals surface area contributed by atoms with E-state index in [1.807, 2.05) is 6.92 Å². The zero-order chi connectivity index (χ0) is 15.2. The standard InChI is InChI=1S/C8H12N.C7H8O3S/c1-3-9-7-5-4-6-8(9)2;1-6-2-4-7(5-3-6)11(8,9)10/h4-7H,3H2,1-2H3;2-5H,1H3,(H,8,9,10)/q+1;. The quantitative estimate of drug-likeness (QED) is 0.684. The third-order valence-electron chi connectivity index (χ3n) is 2.83. The highest BCUT2D eigenvalue weighted by Crippen LogP contribution is 2.08. The minimum absolute atomic E-state index is 0.0666. The third kappa shape index (κ3) is 5.11. The molecule has 4 nitrogen and oxygen atoms in total. The van der Waals surface area contributed by atoms with Gasteiger partial charge in [0.1, 0.15) is 6.54 Å². The summed E-state index contributed by atoms with van der Waals surface area (Å²) < 4.78 is 31.8. The fourth-order valence-electron chi connectivity index (χ4n) is 1.63. The van der Waals surface area contributed by atoms with E-state index in [9.17, 15) is 8.42 Å². The van der Waals surface area contributed by atoms with E-state index < -0.39 is 10.1 Å². The summed E-state index contributed by atoms with van der Waals surface area (Å²) in [5, 5.41) is 0. The summed E-state index contributed by atoms with van der Waals surface area (Å²) in [7, 11) is -4.02. The van der Waals surface area contributed by atoms with E-state index in [1.54, 1.807) is 12.1 Å². The van der Waals surface area contributed by atoms with Gasteiger partial charge in [-0.15, -0.1) is 0 Å². The molecule has 0 spiro atoms. The second kappa shape index (κ2) is 7.17. The van der Waals surface area contributed by atoms with Gasteiger partial charge in [-0.05, 0) is 26.0 Å². The van der Waals surface area contributed by atoms with Crippen molar-refractivity contribution in [2.45, 2.75) is 32.2 Å². The second-order valence-electron chi connectivity index (χ2n) is 4.42. The number of pyridine rings is 1. The molecule has 0 atom stereocenters. The molecule has 1 N–H and O–H groups in total. The Kier molecular flexibility index (Phi) is 5.85. The summed E-state index contributed by atoms with van der Waals surface area (Å²) in [6.07, 6.45) is 2.09. The van der Waals surface area contributed by atoms with Crippen molar-refractivity contribution in [3.05, 3.63) is 59.9 Å². The smallest absolute Gasteiger partial charge is 0.282 e. The van der Waals surface area contributed by atoms with Crippen molar-refractivity contribution in [1.29, 1.82) is 0 Å². The number of rotatable bonds is 2. The Balaban J connectivity index is 0.000000204. The number of hydrogen-bond acceptors (Lipinski definition) is 2. The maximum atomic E-state index is 10.5. The zero-order valence-electron chi connectivity index (χ0n) is 11.9. The molecular formula is C15H20NO3S+. The van der Waals surface area contributed by atoms with Gasteiger partial charge in [0.25, 0.3) is 10.1 Å². The SMILES string of the molecule is CC[n+]1ccccc1C.Cc1ccc(S(=O)(=O)O)cc1. The molecule has 2 rings (SSSR count). The predicted octanol–water partition coefficient (Wildman–Crippen LogP) is 2.54. The lowest BCUT2D eigenvalue weighted by Gasteiger charge is -1.95. The average molecular weight is 294 g/mol. The first kappa shape index (κ1) is 16.3. The molecular weight excluding hydrogens is 274 g/mol. The molecule has 0 amide bonds. The van der Waals surface area contributed by atoms with Crippen LogP contribution in [0.2, 0.25) is 0 Å². The zero-order valence-corrected chi connectivity index (χ0v) is 12.8. The molecule has 2 aromatic rings. The van der Waals surface area contributed by atoms with Crippen LogP contribution in [0.5, 0.6) is 0 Å². The van der Waals surface area contributed by atoms with Gasteiger partial charge >= 0.3 is 0 Å². The lowest BCUT2D eigenvalue weighted by Crippen LogP contribution is -2.34. The van der Waals surface area contributed by atoms with E-state index in [1.165, 1.54) is 17.8 Å². The fraction of sp³-hybridized carbons (Fsp3) is 0.267. The highest BCUT2D eigenvalue weighted by molar-refractivity contribution is 7.85. The van der Waals surface area contributed by atoms with Crippen molar-refractivity contribution in [3.8, 4) is 0 Å². The summed E-state index contributed by atoms with van der Waals surface area (Å²) >= 11 is 0. The van der Waals surface area contributed by atoms with Gasteiger partial charge in [0.15, 0.2) is 11.9 Å². The molecule has 20 heavy (non-hydrogen) atoms. The van der Waals surface area contributed by atoms with Gasteiger partial charge in [0, 0.05) is 19.1 Å². The topological polar surface area (TPSA) is 58.2 Å². The Labute approximate surface area is 120 Å². The van der Waals surface area contributed by atoms with E-state index in [0.29, 0.717) is 0 Å². The molecule has 108 valence electrons. The van der Waals surface area contributed by atoms with Gasteiger partial charge in [-0.25, -0.2) is 4.57 Å². The first-order valence-electron chi connectivity index (χ1n) is 6.34. The lowest BCUT2D eigenvalue weighted by molar-refractivity contribution is -0.699. The molecule has 0 fully saturated rings. The Bertz CT molecular complexity index is 649. The third-order valence-corrected chi connectivity index (χ3v) is 3.70. The maximum absolute atomic E-state index is 10.5. The largest absolute Gasteiger partial charge is 0.294 e. The van der Waals surface area contributed by atoms with Crippen LogP contribution >= 0.6 is 0 Å². The molecule has 5 heteroatoms. The first-order valence-corrected chi connectivity index (χ1v) is 7.78. The van der Waals surface area contributed by atoms with Crippen LogP contribution in [0.3, 0.4) is 0 Å². The summed E-state index contributed by atoms with van der Waals surface area (Å²) in [6.45, 7) is 7.16. The van der Waals surface area contributed by atoms with Crippen molar-refractivity contribution in [2.24, 2.45) is 0 Å². The van der Waals surface area contributed by atoms with Crippen LogP contribution < -0.4 is 4.57 Å². The number of aryl methyl sites for hydroxylation is 3. The summed E-state index contributed by atoms with van der Waals surface area (Å²) in [6, 6.07) is 12.2.